The minimum absolute atomic E-state index is 0.145. The Hall–Kier alpha value is -2.22. The topological polar surface area (TPSA) is 92.5 Å². The third-order valence-corrected chi connectivity index (χ3v) is 6.13. The molecule has 1 heterocycles. The van der Waals surface area contributed by atoms with Crippen molar-refractivity contribution in [2.45, 2.75) is 23.8 Å². The Labute approximate surface area is 154 Å². The Morgan fingerprint density at radius 2 is 1.65 bits per heavy atom. The highest BCUT2D eigenvalue weighted by atomic mass is 32.2. The third kappa shape index (κ3) is 4.49. The molecule has 1 saturated heterocycles. The van der Waals surface area contributed by atoms with Crippen LogP contribution < -0.4 is 10.5 Å². The number of sulfonamides is 1. The zero-order valence-corrected chi connectivity index (χ0v) is 15.3. The standard InChI is InChI=1S/C19H23N3O3S/c20-19(23)14-22-12-10-16(11-13-22)21-26(24,25)18-9-5-4-8-17(18)15-6-2-1-3-7-15/h1-9,16,21H,10-14H2,(H2,20,23). The first-order chi connectivity index (χ1) is 12.5. The number of nitrogens with zero attached hydrogens (tertiary/aromatic N) is 1. The van der Waals surface area contributed by atoms with Gasteiger partial charge in [0.15, 0.2) is 0 Å². The van der Waals surface area contributed by atoms with E-state index in [1.165, 1.54) is 0 Å². The SMILES string of the molecule is NC(=O)CN1CCC(NS(=O)(=O)c2ccccc2-c2ccccc2)CC1. The lowest BCUT2D eigenvalue weighted by Crippen LogP contribution is -2.46. The van der Waals surface area contributed by atoms with Gasteiger partial charge in [0.05, 0.1) is 11.4 Å². The van der Waals surface area contributed by atoms with Crippen LogP contribution in [0.2, 0.25) is 0 Å². The number of carbonyl (C=O) groups is 1. The molecule has 138 valence electrons. The van der Waals surface area contributed by atoms with E-state index < -0.39 is 10.0 Å². The number of rotatable bonds is 6. The molecule has 1 aliphatic rings. The van der Waals surface area contributed by atoms with Crippen LogP contribution in [0.25, 0.3) is 11.1 Å². The maximum Gasteiger partial charge on any atom is 0.241 e. The largest absolute Gasteiger partial charge is 0.369 e. The summed E-state index contributed by atoms with van der Waals surface area (Å²) in [6, 6.07) is 16.4. The summed E-state index contributed by atoms with van der Waals surface area (Å²) in [5.74, 6) is -0.360. The van der Waals surface area contributed by atoms with Crippen molar-refractivity contribution < 1.29 is 13.2 Å². The van der Waals surface area contributed by atoms with Crippen LogP contribution in [-0.4, -0.2) is 44.9 Å². The van der Waals surface area contributed by atoms with Gasteiger partial charge in [-0.1, -0.05) is 48.5 Å². The summed E-state index contributed by atoms with van der Waals surface area (Å²) in [4.78, 5) is 13.2. The Bertz CT molecular complexity index is 861. The summed E-state index contributed by atoms with van der Waals surface area (Å²) in [6.07, 6.45) is 1.31. The van der Waals surface area contributed by atoms with Crippen molar-refractivity contribution in [3.8, 4) is 11.1 Å². The molecular formula is C19H23N3O3S. The van der Waals surface area contributed by atoms with Crippen molar-refractivity contribution in [1.82, 2.24) is 9.62 Å². The van der Waals surface area contributed by atoms with Gasteiger partial charge in [-0.3, -0.25) is 9.69 Å². The van der Waals surface area contributed by atoms with Gasteiger partial charge in [-0.2, -0.15) is 0 Å². The Morgan fingerprint density at radius 1 is 1.04 bits per heavy atom. The van der Waals surface area contributed by atoms with Gasteiger partial charge in [0.1, 0.15) is 0 Å². The highest BCUT2D eigenvalue weighted by molar-refractivity contribution is 7.89. The molecule has 3 N–H and O–H groups in total. The molecule has 0 radical (unpaired) electrons. The van der Waals surface area contributed by atoms with Crippen LogP contribution in [0, 0.1) is 0 Å². The zero-order valence-electron chi connectivity index (χ0n) is 14.5. The molecule has 6 nitrogen and oxygen atoms in total. The van der Waals surface area contributed by atoms with Crippen molar-refractivity contribution in [1.29, 1.82) is 0 Å². The van der Waals surface area contributed by atoms with Crippen molar-refractivity contribution in [2.24, 2.45) is 5.73 Å². The highest BCUT2D eigenvalue weighted by Gasteiger charge is 2.26. The lowest BCUT2D eigenvalue weighted by atomic mass is 10.1. The lowest BCUT2D eigenvalue weighted by Gasteiger charge is -2.31. The van der Waals surface area contributed by atoms with Gasteiger partial charge in [0.25, 0.3) is 0 Å². The fourth-order valence-corrected chi connectivity index (χ4v) is 4.80. The fraction of sp³-hybridized carbons (Fsp3) is 0.316. The maximum absolute atomic E-state index is 13.0. The van der Waals surface area contributed by atoms with Crippen LogP contribution in [0.4, 0.5) is 0 Å². The van der Waals surface area contributed by atoms with E-state index in [9.17, 15) is 13.2 Å². The van der Waals surface area contributed by atoms with Gasteiger partial charge in [0, 0.05) is 24.7 Å². The first-order valence-electron chi connectivity index (χ1n) is 8.63. The maximum atomic E-state index is 13.0. The number of amides is 1. The van der Waals surface area contributed by atoms with Gasteiger partial charge in [0.2, 0.25) is 15.9 Å². The number of hydrogen-bond donors (Lipinski definition) is 2. The minimum atomic E-state index is -3.64. The molecule has 1 aliphatic heterocycles. The molecule has 0 saturated carbocycles. The quantitative estimate of drug-likeness (QED) is 0.804. The highest BCUT2D eigenvalue weighted by Crippen LogP contribution is 2.27. The van der Waals surface area contributed by atoms with E-state index >= 15 is 0 Å². The second kappa shape index (κ2) is 7.99. The van der Waals surface area contributed by atoms with Gasteiger partial charge >= 0.3 is 0 Å². The van der Waals surface area contributed by atoms with Crippen LogP contribution in [-0.2, 0) is 14.8 Å². The van der Waals surface area contributed by atoms with Crippen molar-refractivity contribution in [3.63, 3.8) is 0 Å². The summed E-state index contributed by atoms with van der Waals surface area (Å²) < 4.78 is 28.7. The summed E-state index contributed by atoms with van der Waals surface area (Å²) >= 11 is 0. The Balaban J connectivity index is 1.75. The predicted molar refractivity (Wildman–Crippen MR) is 101 cm³/mol. The molecular weight excluding hydrogens is 350 g/mol. The van der Waals surface area contributed by atoms with Gasteiger partial charge in [-0.25, -0.2) is 13.1 Å². The molecule has 0 atom stereocenters. The second-order valence-electron chi connectivity index (χ2n) is 6.50. The van der Waals surface area contributed by atoms with Crippen molar-refractivity contribution in [2.75, 3.05) is 19.6 Å². The minimum Gasteiger partial charge on any atom is -0.369 e. The lowest BCUT2D eigenvalue weighted by molar-refractivity contribution is -0.119. The number of carbonyl (C=O) groups excluding carboxylic acids is 1. The molecule has 3 rings (SSSR count). The fourth-order valence-electron chi connectivity index (χ4n) is 3.27. The monoisotopic (exact) mass is 373 g/mol. The molecule has 7 heteroatoms. The van der Waals surface area contributed by atoms with Crippen LogP contribution in [0.15, 0.2) is 59.5 Å². The molecule has 1 fully saturated rings. The molecule has 26 heavy (non-hydrogen) atoms. The molecule has 0 aromatic heterocycles. The second-order valence-corrected chi connectivity index (χ2v) is 8.18. The van der Waals surface area contributed by atoms with Crippen molar-refractivity contribution >= 4 is 15.9 Å². The Morgan fingerprint density at radius 3 is 2.31 bits per heavy atom. The molecule has 0 aliphatic carbocycles. The first kappa shape index (κ1) is 18.6. The van der Waals surface area contributed by atoms with Gasteiger partial charge in [-0.05, 0) is 24.5 Å². The van der Waals surface area contributed by atoms with Crippen LogP contribution in [0.1, 0.15) is 12.8 Å². The predicted octanol–water partition coefficient (Wildman–Crippen LogP) is 1.58. The smallest absolute Gasteiger partial charge is 0.241 e. The number of primary amides is 1. The van der Waals surface area contributed by atoms with Gasteiger partial charge in [-0.15, -0.1) is 0 Å². The summed E-state index contributed by atoms with van der Waals surface area (Å²) in [5, 5.41) is 0. The van der Waals surface area contributed by atoms with E-state index in [4.69, 9.17) is 5.73 Å². The molecule has 0 spiro atoms. The molecule has 0 bridgehead atoms. The molecule has 2 aromatic rings. The van der Waals surface area contributed by atoms with Crippen LogP contribution >= 0.6 is 0 Å². The molecule has 0 unspecified atom stereocenters. The molecule has 2 aromatic carbocycles. The number of nitrogens with two attached hydrogens (primary N) is 1. The normalized spacial score (nSPS) is 16.5. The average Bonchev–Trinajstić information content (AvgIpc) is 2.63. The van der Waals surface area contributed by atoms with E-state index in [1.54, 1.807) is 12.1 Å². The number of likely N-dealkylation sites (tertiary alicyclic amines) is 1. The number of piperidine rings is 1. The van der Waals surface area contributed by atoms with E-state index in [0.29, 0.717) is 31.5 Å². The third-order valence-electron chi connectivity index (χ3n) is 4.55. The van der Waals surface area contributed by atoms with Gasteiger partial charge < -0.3 is 5.73 Å². The summed E-state index contributed by atoms with van der Waals surface area (Å²) in [6.45, 7) is 1.52. The van der Waals surface area contributed by atoms with E-state index in [0.717, 1.165) is 5.56 Å². The number of hydrogen-bond acceptors (Lipinski definition) is 4. The number of benzene rings is 2. The van der Waals surface area contributed by atoms with E-state index in [2.05, 4.69) is 4.72 Å². The van der Waals surface area contributed by atoms with E-state index in [1.807, 2.05) is 47.4 Å². The average molecular weight is 373 g/mol. The Kier molecular flexibility index (Phi) is 5.70. The first-order valence-corrected chi connectivity index (χ1v) is 10.1. The number of nitrogens with one attached hydrogen (secondary N) is 1. The molecule has 1 amide bonds. The zero-order chi connectivity index (χ0) is 18.6. The van der Waals surface area contributed by atoms with E-state index in [-0.39, 0.29) is 23.4 Å². The summed E-state index contributed by atoms with van der Waals surface area (Å²) in [7, 11) is -3.64. The van der Waals surface area contributed by atoms with Crippen LogP contribution in [0.5, 0.6) is 0 Å². The summed E-state index contributed by atoms with van der Waals surface area (Å²) in [5.41, 5.74) is 6.77. The van der Waals surface area contributed by atoms with Crippen molar-refractivity contribution in [3.05, 3.63) is 54.6 Å². The van der Waals surface area contributed by atoms with Crippen LogP contribution in [0.3, 0.4) is 0 Å².